The minimum atomic E-state index is -0.364. The van der Waals surface area contributed by atoms with Crippen LogP contribution in [0.5, 0.6) is 5.75 Å². The first-order chi connectivity index (χ1) is 14.1. The number of aromatic nitrogens is 2. The van der Waals surface area contributed by atoms with Crippen LogP contribution in [0.4, 0.5) is 0 Å². The quantitative estimate of drug-likeness (QED) is 0.595. The molecule has 0 atom stereocenters. The maximum atomic E-state index is 12.3. The minimum Gasteiger partial charge on any atom is -0.486 e. The summed E-state index contributed by atoms with van der Waals surface area (Å²) in [5, 5.41) is 2.89. The van der Waals surface area contributed by atoms with Crippen molar-refractivity contribution in [2.24, 2.45) is 7.05 Å². The molecule has 1 N–H and O–H groups in total. The van der Waals surface area contributed by atoms with Gasteiger partial charge in [-0.25, -0.2) is 9.78 Å². The molecule has 0 aliphatic rings. The van der Waals surface area contributed by atoms with Crippen LogP contribution in [0.15, 0.2) is 60.9 Å². The van der Waals surface area contributed by atoms with E-state index in [0.29, 0.717) is 36.4 Å². The zero-order valence-corrected chi connectivity index (χ0v) is 16.4. The van der Waals surface area contributed by atoms with E-state index in [1.165, 1.54) is 7.11 Å². The van der Waals surface area contributed by atoms with Gasteiger partial charge in [-0.3, -0.25) is 4.79 Å². The van der Waals surface area contributed by atoms with Crippen LogP contribution in [-0.4, -0.2) is 35.1 Å². The molecule has 2 aromatic carbocycles. The van der Waals surface area contributed by atoms with Crippen LogP contribution in [0.2, 0.25) is 0 Å². The van der Waals surface area contributed by atoms with Crippen molar-refractivity contribution in [1.29, 1.82) is 0 Å². The number of hydrogen-bond acceptors (Lipinski definition) is 5. The Balaban J connectivity index is 1.45. The Morgan fingerprint density at radius 1 is 1.03 bits per heavy atom. The number of nitrogens with zero attached hydrogens (tertiary/aromatic N) is 2. The Hall–Kier alpha value is -3.61. The number of imidazole rings is 1. The number of carbonyl (C=O) groups is 2. The van der Waals surface area contributed by atoms with E-state index in [0.717, 1.165) is 11.4 Å². The van der Waals surface area contributed by atoms with Gasteiger partial charge >= 0.3 is 5.97 Å². The fraction of sp³-hybridized carbons (Fsp3) is 0.227. The molecule has 1 aromatic heterocycles. The van der Waals surface area contributed by atoms with Crippen LogP contribution in [0.3, 0.4) is 0 Å². The number of aryl methyl sites for hydroxylation is 1. The number of methoxy groups -OCH3 is 1. The summed E-state index contributed by atoms with van der Waals surface area (Å²) in [5.41, 5.74) is 2.09. The number of ether oxygens (including phenoxy) is 2. The largest absolute Gasteiger partial charge is 0.486 e. The zero-order valence-electron chi connectivity index (χ0n) is 16.4. The summed E-state index contributed by atoms with van der Waals surface area (Å²) in [7, 11) is 3.26. The fourth-order valence-corrected chi connectivity index (χ4v) is 2.73. The van der Waals surface area contributed by atoms with Crippen LogP contribution in [0, 0.1) is 0 Å². The van der Waals surface area contributed by atoms with Crippen molar-refractivity contribution >= 4 is 11.9 Å². The second-order valence-corrected chi connectivity index (χ2v) is 6.46. The third-order valence-electron chi connectivity index (χ3n) is 4.48. The van der Waals surface area contributed by atoms with Crippen LogP contribution in [0.25, 0.3) is 0 Å². The Morgan fingerprint density at radius 3 is 2.34 bits per heavy atom. The molecule has 0 fully saturated rings. The lowest BCUT2D eigenvalue weighted by atomic mass is 10.1. The number of nitrogens with one attached hydrogen (secondary N) is 1. The van der Waals surface area contributed by atoms with E-state index < -0.39 is 0 Å². The number of rotatable bonds is 8. The Morgan fingerprint density at radius 2 is 1.72 bits per heavy atom. The first-order valence-electron chi connectivity index (χ1n) is 9.21. The molecule has 150 valence electrons. The van der Waals surface area contributed by atoms with Gasteiger partial charge in [-0.2, -0.15) is 0 Å². The SMILES string of the molecule is COC(=O)c1ccc(CCNC(=O)c2ccc(OCc3nccn3C)cc2)cc1. The molecule has 7 nitrogen and oxygen atoms in total. The molecular formula is C22H23N3O4. The van der Waals surface area contributed by atoms with Crippen LogP contribution in [0.1, 0.15) is 32.1 Å². The Bertz CT molecular complexity index is 962. The maximum Gasteiger partial charge on any atom is 0.337 e. The van der Waals surface area contributed by atoms with E-state index in [4.69, 9.17) is 4.74 Å². The molecule has 1 heterocycles. The van der Waals surface area contributed by atoms with Crippen molar-refractivity contribution < 1.29 is 19.1 Å². The number of esters is 1. The highest BCUT2D eigenvalue weighted by Gasteiger charge is 2.07. The van der Waals surface area contributed by atoms with E-state index >= 15 is 0 Å². The zero-order chi connectivity index (χ0) is 20.6. The van der Waals surface area contributed by atoms with Gasteiger partial charge in [-0.05, 0) is 48.4 Å². The molecule has 0 unspecified atom stereocenters. The van der Waals surface area contributed by atoms with Crippen LogP contribution >= 0.6 is 0 Å². The monoisotopic (exact) mass is 393 g/mol. The summed E-state index contributed by atoms with van der Waals surface area (Å²) in [6, 6.07) is 14.1. The number of amides is 1. The number of benzene rings is 2. The second kappa shape index (κ2) is 9.54. The van der Waals surface area contributed by atoms with Gasteiger partial charge in [-0.1, -0.05) is 12.1 Å². The maximum absolute atomic E-state index is 12.3. The molecular weight excluding hydrogens is 370 g/mol. The first-order valence-corrected chi connectivity index (χ1v) is 9.21. The highest BCUT2D eigenvalue weighted by molar-refractivity contribution is 5.94. The predicted molar refractivity (Wildman–Crippen MR) is 108 cm³/mol. The van der Waals surface area contributed by atoms with E-state index in [9.17, 15) is 9.59 Å². The molecule has 3 rings (SSSR count). The smallest absolute Gasteiger partial charge is 0.337 e. The van der Waals surface area contributed by atoms with Crippen LogP contribution < -0.4 is 10.1 Å². The van der Waals surface area contributed by atoms with Gasteiger partial charge in [0.25, 0.3) is 5.91 Å². The lowest BCUT2D eigenvalue weighted by Gasteiger charge is -2.08. The molecule has 7 heteroatoms. The van der Waals surface area contributed by atoms with E-state index in [2.05, 4.69) is 15.0 Å². The molecule has 0 spiro atoms. The van der Waals surface area contributed by atoms with Crippen molar-refractivity contribution in [1.82, 2.24) is 14.9 Å². The average molecular weight is 393 g/mol. The molecule has 29 heavy (non-hydrogen) atoms. The normalized spacial score (nSPS) is 10.4. The third-order valence-corrected chi connectivity index (χ3v) is 4.48. The van der Waals surface area contributed by atoms with Crippen LogP contribution in [-0.2, 0) is 24.8 Å². The highest BCUT2D eigenvalue weighted by atomic mass is 16.5. The molecule has 0 aliphatic carbocycles. The van der Waals surface area contributed by atoms with Gasteiger partial charge in [-0.15, -0.1) is 0 Å². The lowest BCUT2D eigenvalue weighted by Crippen LogP contribution is -2.25. The summed E-state index contributed by atoms with van der Waals surface area (Å²) in [6.45, 7) is 0.859. The van der Waals surface area contributed by atoms with Gasteiger partial charge in [0.15, 0.2) is 0 Å². The predicted octanol–water partition coefficient (Wildman–Crippen LogP) is 2.76. The minimum absolute atomic E-state index is 0.146. The molecule has 1 amide bonds. The molecule has 0 aliphatic heterocycles. The highest BCUT2D eigenvalue weighted by Crippen LogP contribution is 2.14. The Labute approximate surface area is 169 Å². The summed E-state index contributed by atoms with van der Waals surface area (Å²) >= 11 is 0. The standard InChI is InChI=1S/C22H23N3O4/c1-25-14-13-23-20(25)15-29-19-9-7-17(8-10-19)21(26)24-12-11-16-3-5-18(6-4-16)22(27)28-2/h3-10,13-14H,11-12,15H2,1-2H3,(H,24,26). The number of hydrogen-bond donors (Lipinski definition) is 1. The molecule has 0 saturated carbocycles. The number of carbonyl (C=O) groups excluding carboxylic acids is 2. The van der Waals surface area contributed by atoms with E-state index in [1.54, 1.807) is 42.6 Å². The molecule has 0 saturated heterocycles. The molecule has 3 aromatic rings. The summed E-state index contributed by atoms with van der Waals surface area (Å²) in [6.07, 6.45) is 4.25. The van der Waals surface area contributed by atoms with E-state index in [-0.39, 0.29) is 11.9 Å². The second-order valence-electron chi connectivity index (χ2n) is 6.46. The molecule has 0 bridgehead atoms. The summed E-state index contributed by atoms with van der Waals surface area (Å²) < 4.78 is 12.3. The van der Waals surface area contributed by atoms with Gasteiger partial charge < -0.3 is 19.4 Å². The average Bonchev–Trinajstić information content (AvgIpc) is 3.17. The lowest BCUT2D eigenvalue weighted by molar-refractivity contribution is 0.0600. The van der Waals surface area contributed by atoms with Crippen molar-refractivity contribution in [3.63, 3.8) is 0 Å². The summed E-state index contributed by atoms with van der Waals surface area (Å²) in [4.78, 5) is 27.9. The van der Waals surface area contributed by atoms with Crippen molar-refractivity contribution in [3.05, 3.63) is 83.4 Å². The van der Waals surface area contributed by atoms with Crippen molar-refractivity contribution in [2.75, 3.05) is 13.7 Å². The van der Waals surface area contributed by atoms with Gasteiger partial charge in [0.1, 0.15) is 18.2 Å². The van der Waals surface area contributed by atoms with Gasteiger partial charge in [0.05, 0.1) is 12.7 Å². The molecule has 0 radical (unpaired) electrons. The van der Waals surface area contributed by atoms with Crippen molar-refractivity contribution in [2.45, 2.75) is 13.0 Å². The van der Waals surface area contributed by atoms with Gasteiger partial charge in [0.2, 0.25) is 0 Å². The third kappa shape index (κ3) is 5.44. The first kappa shape index (κ1) is 20.1. The van der Waals surface area contributed by atoms with Gasteiger partial charge in [0, 0.05) is 31.5 Å². The fourth-order valence-electron chi connectivity index (χ4n) is 2.73. The topological polar surface area (TPSA) is 82.4 Å². The Kier molecular flexibility index (Phi) is 6.63. The van der Waals surface area contributed by atoms with E-state index in [1.807, 2.05) is 29.9 Å². The van der Waals surface area contributed by atoms with Crippen molar-refractivity contribution in [3.8, 4) is 5.75 Å². The summed E-state index contributed by atoms with van der Waals surface area (Å²) in [5.74, 6) is 0.991.